The molecule has 40 heavy (non-hydrogen) atoms. The maximum Gasteiger partial charge on any atom is 0.284 e. The molecule has 5 nitrogen and oxygen atoms in total. The Morgan fingerprint density at radius 2 is 0.825 bits per heavy atom. The van der Waals surface area contributed by atoms with Crippen LogP contribution >= 0.6 is 0 Å². The molecular weight excluding hydrogens is 545 g/mol. The number of halogens is 1. The Kier molecular flexibility index (Phi) is 5.44. The quantitative estimate of drug-likeness (QED) is 0.203. The van der Waals surface area contributed by atoms with E-state index in [9.17, 15) is 16.8 Å². The van der Waals surface area contributed by atoms with Gasteiger partial charge in [-0.15, -0.1) is 4.48 Å². The first-order valence-corrected chi connectivity index (χ1v) is 15.4. The third kappa shape index (κ3) is 3.47. The summed E-state index contributed by atoms with van der Waals surface area (Å²) in [7, 11) is -10.4. The molecule has 1 heterocycles. The van der Waals surface area contributed by atoms with Crippen molar-refractivity contribution in [2.75, 3.05) is 0 Å². The minimum Gasteiger partial charge on any atom is -0.203 e. The highest BCUT2D eigenvalue weighted by Gasteiger charge is 2.47. The van der Waals surface area contributed by atoms with Gasteiger partial charge in [0.25, 0.3) is 20.0 Å². The topological polar surface area (TPSA) is 71.5 Å². The molecule has 196 valence electrons. The summed E-state index contributed by atoms with van der Waals surface area (Å²) in [5.74, 6) is 0. The van der Waals surface area contributed by atoms with Crippen molar-refractivity contribution in [2.45, 2.75) is 9.79 Å². The number of benzene rings is 6. The lowest BCUT2D eigenvalue weighted by Crippen LogP contribution is -2.29. The molecule has 1 aliphatic rings. The molecule has 0 spiro atoms. The fraction of sp³-hybridized carbons (Fsp3) is 0. The van der Waals surface area contributed by atoms with E-state index in [0.29, 0.717) is 32.7 Å². The molecule has 6 aromatic carbocycles. The summed E-state index contributed by atoms with van der Waals surface area (Å²) in [6, 6.07) is 35.2. The van der Waals surface area contributed by atoms with E-state index in [4.69, 9.17) is 0 Å². The van der Waals surface area contributed by atoms with Gasteiger partial charge in [0.2, 0.25) is 0 Å². The Bertz CT molecular complexity index is 2040. The highest BCUT2D eigenvalue weighted by atomic mass is 32.3. The molecule has 0 aromatic heterocycles. The molecule has 0 bridgehead atoms. The number of rotatable bonds is 2. The SMILES string of the molecule is O=S1(=O)c2c(-c3ccccc3)cc3ccccc3c2-c2c(c(-c3ccccc3)cc3ccccc23)S(=O)(=O)N1F. The van der Waals surface area contributed by atoms with E-state index in [2.05, 4.69) is 0 Å². The zero-order valence-electron chi connectivity index (χ0n) is 20.8. The molecule has 0 saturated carbocycles. The smallest absolute Gasteiger partial charge is 0.203 e. The van der Waals surface area contributed by atoms with E-state index in [-0.39, 0.29) is 22.3 Å². The Balaban J connectivity index is 1.83. The summed E-state index contributed by atoms with van der Waals surface area (Å²) in [5.41, 5.74) is 1.79. The fourth-order valence-electron chi connectivity index (χ4n) is 5.63. The molecule has 8 heteroatoms. The van der Waals surface area contributed by atoms with E-state index in [1.54, 1.807) is 97.1 Å². The Labute approximate surface area is 230 Å². The second kappa shape index (κ2) is 8.82. The Morgan fingerprint density at radius 1 is 0.475 bits per heavy atom. The van der Waals surface area contributed by atoms with Gasteiger partial charge in [0.15, 0.2) is 0 Å². The molecule has 0 radical (unpaired) electrons. The van der Waals surface area contributed by atoms with Crippen LogP contribution in [0.5, 0.6) is 0 Å². The highest BCUT2D eigenvalue weighted by molar-refractivity contribution is 8.04. The Morgan fingerprint density at radius 3 is 1.23 bits per heavy atom. The Hall–Kier alpha value is -4.37. The van der Waals surface area contributed by atoms with Crippen LogP contribution in [0.25, 0.3) is 54.9 Å². The maximum atomic E-state index is 16.2. The molecule has 0 unspecified atom stereocenters. The normalized spacial score (nSPS) is 15.8. The van der Waals surface area contributed by atoms with Gasteiger partial charge in [0, 0.05) is 22.3 Å². The molecule has 0 atom stereocenters. The first-order valence-electron chi connectivity index (χ1n) is 12.5. The minimum atomic E-state index is -5.19. The van der Waals surface area contributed by atoms with Crippen molar-refractivity contribution in [3.05, 3.63) is 121 Å². The van der Waals surface area contributed by atoms with Crippen LogP contribution in [0.4, 0.5) is 4.48 Å². The van der Waals surface area contributed by atoms with Crippen molar-refractivity contribution in [1.82, 2.24) is 3.93 Å². The summed E-state index contributed by atoms with van der Waals surface area (Å²) in [5, 5.41) is 2.39. The summed E-state index contributed by atoms with van der Waals surface area (Å²) in [6.45, 7) is 0. The average Bonchev–Trinajstić information content (AvgIpc) is 3.04. The van der Waals surface area contributed by atoms with Gasteiger partial charge in [-0.3, -0.25) is 0 Å². The molecule has 0 saturated heterocycles. The summed E-state index contributed by atoms with van der Waals surface area (Å²) in [4.78, 5) is -0.782. The second-order valence-electron chi connectivity index (χ2n) is 9.59. The van der Waals surface area contributed by atoms with Gasteiger partial charge in [-0.1, -0.05) is 109 Å². The van der Waals surface area contributed by atoms with Gasteiger partial charge in [-0.2, -0.15) is 0 Å². The lowest BCUT2D eigenvalue weighted by molar-refractivity contribution is 0.251. The lowest BCUT2D eigenvalue weighted by Gasteiger charge is -2.19. The molecular formula is C32H20FNO4S2. The zero-order chi connectivity index (χ0) is 27.6. The third-order valence-electron chi connectivity index (χ3n) is 7.32. The first-order chi connectivity index (χ1) is 19.3. The van der Waals surface area contributed by atoms with Gasteiger partial charge in [0.05, 0.1) is 3.93 Å². The van der Waals surface area contributed by atoms with Crippen LogP contribution in [-0.4, -0.2) is 20.8 Å². The van der Waals surface area contributed by atoms with Crippen LogP contribution in [0.1, 0.15) is 0 Å². The van der Waals surface area contributed by atoms with Gasteiger partial charge in [-0.25, -0.2) is 16.8 Å². The molecule has 6 aromatic rings. The standard InChI is InChI=1S/C32H20FNO4S2/c33-34-39(35,36)31-27(21-11-3-1-4-12-21)19-23-15-7-9-17-25(23)29(31)30-26-18-10-8-16-24(26)20-28(32(30)40(34,37)38)22-13-5-2-6-14-22/h1-20H. The second-order valence-corrected chi connectivity index (χ2v) is 13.2. The van der Waals surface area contributed by atoms with E-state index < -0.39 is 33.8 Å². The molecule has 7 rings (SSSR count). The van der Waals surface area contributed by atoms with Gasteiger partial charge in [0.1, 0.15) is 9.79 Å². The number of hydrogen-bond acceptors (Lipinski definition) is 4. The molecule has 0 aliphatic carbocycles. The summed E-state index contributed by atoms with van der Waals surface area (Å²) >= 11 is 0. The minimum absolute atomic E-state index is 0.157. The van der Waals surface area contributed by atoms with Crippen LogP contribution in [0, 0.1) is 0 Å². The molecule has 0 N–H and O–H groups in total. The number of hydrogen-bond donors (Lipinski definition) is 0. The summed E-state index contributed by atoms with van der Waals surface area (Å²) in [6.07, 6.45) is 0. The largest absolute Gasteiger partial charge is 0.284 e. The van der Waals surface area contributed by atoms with Gasteiger partial charge in [-0.05, 0) is 44.8 Å². The van der Waals surface area contributed by atoms with Gasteiger partial charge >= 0.3 is 0 Å². The average molecular weight is 566 g/mol. The van der Waals surface area contributed by atoms with Crippen molar-refractivity contribution in [3.8, 4) is 33.4 Å². The van der Waals surface area contributed by atoms with E-state index in [1.165, 1.54) is 0 Å². The van der Waals surface area contributed by atoms with E-state index in [1.807, 2.05) is 24.3 Å². The predicted octanol–water partition coefficient (Wildman–Crippen LogP) is 7.57. The van der Waals surface area contributed by atoms with E-state index >= 15 is 4.48 Å². The van der Waals surface area contributed by atoms with Gasteiger partial charge < -0.3 is 0 Å². The van der Waals surface area contributed by atoms with Crippen LogP contribution in [-0.2, 0) is 20.0 Å². The monoisotopic (exact) mass is 565 g/mol. The van der Waals surface area contributed by atoms with Crippen molar-refractivity contribution >= 4 is 41.6 Å². The van der Waals surface area contributed by atoms with E-state index in [0.717, 1.165) is 0 Å². The number of nitrogens with zero attached hydrogens (tertiary/aromatic N) is 1. The van der Waals surface area contributed by atoms with Crippen LogP contribution < -0.4 is 0 Å². The first kappa shape index (κ1) is 24.7. The van der Waals surface area contributed by atoms with Crippen LogP contribution in [0.15, 0.2) is 131 Å². The fourth-order valence-corrected chi connectivity index (χ4v) is 9.24. The lowest BCUT2D eigenvalue weighted by atomic mass is 9.88. The summed E-state index contributed by atoms with van der Waals surface area (Å²) < 4.78 is 71.7. The molecule has 0 fully saturated rings. The van der Waals surface area contributed by atoms with Crippen molar-refractivity contribution in [3.63, 3.8) is 0 Å². The highest BCUT2D eigenvalue weighted by Crippen LogP contribution is 2.52. The van der Waals surface area contributed by atoms with Crippen molar-refractivity contribution in [1.29, 1.82) is 0 Å². The third-order valence-corrected chi connectivity index (χ3v) is 11.1. The molecule has 0 amide bonds. The van der Waals surface area contributed by atoms with Crippen molar-refractivity contribution < 1.29 is 21.3 Å². The molecule has 1 aliphatic heterocycles. The van der Waals surface area contributed by atoms with Crippen LogP contribution in [0.3, 0.4) is 0 Å². The van der Waals surface area contributed by atoms with Crippen LogP contribution in [0.2, 0.25) is 0 Å². The number of fused-ring (bicyclic) bond motifs is 7. The predicted molar refractivity (Wildman–Crippen MR) is 155 cm³/mol. The maximum absolute atomic E-state index is 16.2. The van der Waals surface area contributed by atoms with Crippen molar-refractivity contribution in [2.24, 2.45) is 0 Å². The zero-order valence-corrected chi connectivity index (χ0v) is 22.5. The number of sulfonamides is 2.